The smallest absolute Gasteiger partial charge is 0.336 e. The molecule has 0 aliphatic carbocycles. The Morgan fingerprint density at radius 3 is 2.65 bits per heavy atom. The SMILES string of the molecule is COc1ccc2c(COC(=O)/C=C/c3ccc(F)cc3)cc(=O)oc2c1. The van der Waals surface area contributed by atoms with Crippen molar-refractivity contribution < 1.29 is 23.1 Å². The summed E-state index contributed by atoms with van der Waals surface area (Å²) in [5, 5.41) is 0.653. The van der Waals surface area contributed by atoms with Crippen molar-refractivity contribution in [1.29, 1.82) is 0 Å². The molecule has 0 aliphatic heterocycles. The minimum atomic E-state index is -0.579. The van der Waals surface area contributed by atoms with Crippen molar-refractivity contribution in [3.8, 4) is 5.75 Å². The molecule has 0 aliphatic rings. The lowest BCUT2D eigenvalue weighted by Crippen LogP contribution is -2.05. The van der Waals surface area contributed by atoms with Gasteiger partial charge >= 0.3 is 11.6 Å². The average molecular weight is 354 g/mol. The Kier molecular flexibility index (Phi) is 5.12. The van der Waals surface area contributed by atoms with Crippen LogP contribution in [0, 0.1) is 5.82 Å². The summed E-state index contributed by atoms with van der Waals surface area (Å²) in [6, 6.07) is 12.0. The Labute approximate surface area is 148 Å². The van der Waals surface area contributed by atoms with Gasteiger partial charge in [0.25, 0.3) is 0 Å². The first kappa shape index (κ1) is 17.4. The first-order chi connectivity index (χ1) is 12.5. The number of hydrogen-bond donors (Lipinski definition) is 0. The highest BCUT2D eigenvalue weighted by molar-refractivity contribution is 5.87. The molecule has 6 heteroatoms. The van der Waals surface area contributed by atoms with Gasteiger partial charge in [0.2, 0.25) is 0 Å². The third kappa shape index (κ3) is 4.16. The van der Waals surface area contributed by atoms with Gasteiger partial charge in [0.15, 0.2) is 0 Å². The molecule has 132 valence electrons. The van der Waals surface area contributed by atoms with E-state index < -0.39 is 11.6 Å². The maximum absolute atomic E-state index is 12.8. The van der Waals surface area contributed by atoms with E-state index in [2.05, 4.69) is 0 Å². The molecule has 5 nitrogen and oxygen atoms in total. The average Bonchev–Trinajstić information content (AvgIpc) is 2.64. The van der Waals surface area contributed by atoms with E-state index in [9.17, 15) is 14.0 Å². The Hall–Kier alpha value is -3.41. The third-order valence-electron chi connectivity index (χ3n) is 3.69. The van der Waals surface area contributed by atoms with Gasteiger partial charge in [-0.1, -0.05) is 12.1 Å². The Balaban J connectivity index is 1.73. The van der Waals surface area contributed by atoms with Gasteiger partial charge in [-0.3, -0.25) is 0 Å². The van der Waals surface area contributed by atoms with Crippen LogP contribution in [-0.4, -0.2) is 13.1 Å². The van der Waals surface area contributed by atoms with E-state index >= 15 is 0 Å². The van der Waals surface area contributed by atoms with Gasteiger partial charge in [0, 0.05) is 29.2 Å². The van der Waals surface area contributed by atoms with Crippen LogP contribution < -0.4 is 10.4 Å². The van der Waals surface area contributed by atoms with Crippen molar-refractivity contribution in [2.45, 2.75) is 6.61 Å². The largest absolute Gasteiger partial charge is 0.497 e. The zero-order valence-electron chi connectivity index (χ0n) is 13.9. The number of carbonyl (C=O) groups is 1. The van der Waals surface area contributed by atoms with Crippen LogP contribution >= 0.6 is 0 Å². The maximum atomic E-state index is 12.8. The summed E-state index contributed by atoms with van der Waals surface area (Å²) in [7, 11) is 1.51. The quantitative estimate of drug-likeness (QED) is 0.397. The van der Waals surface area contributed by atoms with Gasteiger partial charge in [0.05, 0.1) is 7.11 Å². The fourth-order valence-corrected chi connectivity index (χ4v) is 2.39. The monoisotopic (exact) mass is 354 g/mol. The molecule has 0 saturated carbocycles. The van der Waals surface area contributed by atoms with Crippen molar-refractivity contribution >= 4 is 23.0 Å². The zero-order valence-corrected chi connectivity index (χ0v) is 13.9. The van der Waals surface area contributed by atoms with Crippen LogP contribution in [0.2, 0.25) is 0 Å². The molecule has 0 spiro atoms. The van der Waals surface area contributed by atoms with Crippen LogP contribution in [0.15, 0.2) is 63.8 Å². The van der Waals surface area contributed by atoms with E-state index in [0.29, 0.717) is 27.8 Å². The molecule has 3 rings (SSSR count). The molecular weight excluding hydrogens is 339 g/mol. The first-order valence-electron chi connectivity index (χ1n) is 7.76. The predicted molar refractivity (Wildman–Crippen MR) is 94.3 cm³/mol. The number of carbonyl (C=O) groups excluding carboxylic acids is 1. The number of benzene rings is 2. The van der Waals surface area contributed by atoms with Crippen LogP contribution in [0.5, 0.6) is 5.75 Å². The fourth-order valence-electron chi connectivity index (χ4n) is 2.39. The van der Waals surface area contributed by atoms with Crippen molar-refractivity contribution in [3.63, 3.8) is 0 Å². The van der Waals surface area contributed by atoms with Gasteiger partial charge in [-0.25, -0.2) is 14.0 Å². The molecule has 2 aromatic carbocycles. The first-order valence-corrected chi connectivity index (χ1v) is 7.76. The molecule has 0 N–H and O–H groups in total. The van der Waals surface area contributed by atoms with Crippen LogP contribution in [0.25, 0.3) is 17.0 Å². The predicted octanol–water partition coefficient (Wildman–Crippen LogP) is 3.70. The second-order valence-electron chi connectivity index (χ2n) is 5.45. The highest BCUT2D eigenvalue weighted by Crippen LogP contribution is 2.23. The lowest BCUT2D eigenvalue weighted by molar-refractivity contribution is -0.138. The minimum Gasteiger partial charge on any atom is -0.497 e. The molecule has 3 aromatic rings. The summed E-state index contributed by atoms with van der Waals surface area (Å²) in [6.45, 7) is -0.0823. The van der Waals surface area contributed by atoms with E-state index in [1.807, 2.05) is 0 Å². The van der Waals surface area contributed by atoms with E-state index in [4.69, 9.17) is 13.9 Å². The van der Waals surface area contributed by atoms with Gasteiger partial charge in [-0.15, -0.1) is 0 Å². The van der Waals surface area contributed by atoms with Crippen molar-refractivity contribution in [1.82, 2.24) is 0 Å². The molecule has 0 amide bonds. The van der Waals surface area contributed by atoms with Gasteiger partial charge in [-0.05, 0) is 35.9 Å². The molecular formula is C20H15FO5. The van der Waals surface area contributed by atoms with Crippen LogP contribution in [-0.2, 0) is 16.1 Å². The second-order valence-corrected chi connectivity index (χ2v) is 5.45. The third-order valence-corrected chi connectivity index (χ3v) is 3.69. The lowest BCUT2D eigenvalue weighted by atomic mass is 10.1. The van der Waals surface area contributed by atoms with Gasteiger partial charge in [0.1, 0.15) is 23.8 Å². The summed E-state index contributed by atoms with van der Waals surface area (Å²) in [4.78, 5) is 23.6. The van der Waals surface area contributed by atoms with Crippen LogP contribution in [0.3, 0.4) is 0 Å². The Morgan fingerprint density at radius 1 is 1.15 bits per heavy atom. The summed E-state index contributed by atoms with van der Waals surface area (Å²) in [5.74, 6) is -0.377. The summed E-state index contributed by atoms with van der Waals surface area (Å²) in [6.07, 6.45) is 2.76. The number of halogens is 1. The van der Waals surface area contributed by atoms with Crippen LogP contribution in [0.1, 0.15) is 11.1 Å². The minimum absolute atomic E-state index is 0.0823. The fraction of sp³-hybridized carbons (Fsp3) is 0.100. The van der Waals surface area contributed by atoms with Gasteiger partial charge in [-0.2, -0.15) is 0 Å². The molecule has 0 radical (unpaired) electrons. The second kappa shape index (κ2) is 7.65. The van der Waals surface area contributed by atoms with E-state index in [1.165, 1.54) is 37.5 Å². The Bertz CT molecular complexity index is 1020. The molecule has 1 heterocycles. The normalized spacial score (nSPS) is 11.0. The topological polar surface area (TPSA) is 65.7 Å². The van der Waals surface area contributed by atoms with Crippen molar-refractivity contribution in [2.75, 3.05) is 7.11 Å². The highest BCUT2D eigenvalue weighted by atomic mass is 19.1. The lowest BCUT2D eigenvalue weighted by Gasteiger charge is -2.07. The van der Waals surface area contributed by atoms with E-state index in [0.717, 1.165) is 0 Å². The number of ether oxygens (including phenoxy) is 2. The molecule has 26 heavy (non-hydrogen) atoms. The standard InChI is InChI=1S/C20H15FO5/c1-24-16-7-8-17-14(10-20(23)26-18(17)11-16)12-25-19(22)9-4-13-2-5-15(21)6-3-13/h2-11H,12H2,1H3/b9-4+. The maximum Gasteiger partial charge on any atom is 0.336 e. The summed E-state index contributed by atoms with van der Waals surface area (Å²) in [5.41, 5.74) is 1.01. The van der Waals surface area contributed by atoms with Crippen molar-refractivity contribution in [3.05, 3.63) is 82.0 Å². The zero-order chi connectivity index (χ0) is 18.5. The summed E-state index contributed by atoms with van der Waals surface area (Å²) >= 11 is 0. The highest BCUT2D eigenvalue weighted by Gasteiger charge is 2.09. The Morgan fingerprint density at radius 2 is 1.92 bits per heavy atom. The van der Waals surface area contributed by atoms with E-state index in [-0.39, 0.29) is 12.4 Å². The number of rotatable bonds is 5. The van der Waals surface area contributed by atoms with Crippen LogP contribution in [0.4, 0.5) is 4.39 Å². The molecule has 0 fully saturated rings. The number of hydrogen-bond acceptors (Lipinski definition) is 5. The molecule has 1 aromatic heterocycles. The molecule has 0 unspecified atom stereocenters. The summed E-state index contributed by atoms with van der Waals surface area (Å²) < 4.78 is 28.3. The number of fused-ring (bicyclic) bond motifs is 1. The molecule has 0 saturated heterocycles. The van der Waals surface area contributed by atoms with Crippen molar-refractivity contribution in [2.24, 2.45) is 0 Å². The molecule has 0 bridgehead atoms. The molecule has 0 atom stereocenters. The number of esters is 1. The van der Waals surface area contributed by atoms with Gasteiger partial charge < -0.3 is 13.9 Å². The number of methoxy groups -OCH3 is 1. The van der Waals surface area contributed by atoms with E-state index in [1.54, 1.807) is 30.3 Å².